The number of rotatable bonds is 2. The van der Waals surface area contributed by atoms with Crippen molar-refractivity contribution < 1.29 is 9.13 Å². The predicted octanol–water partition coefficient (Wildman–Crippen LogP) is 3.48. The fourth-order valence-corrected chi connectivity index (χ4v) is 3.33. The van der Waals surface area contributed by atoms with E-state index in [2.05, 4.69) is 4.90 Å². The molecule has 19 heavy (non-hydrogen) atoms. The summed E-state index contributed by atoms with van der Waals surface area (Å²) < 4.78 is 19.6. The van der Waals surface area contributed by atoms with Gasteiger partial charge in [0.25, 0.3) is 0 Å². The second-order valence-corrected chi connectivity index (χ2v) is 6.22. The molecule has 2 nitrogen and oxygen atoms in total. The monoisotopic (exact) mass is 283 g/mol. The van der Waals surface area contributed by atoms with Crippen molar-refractivity contribution in [2.24, 2.45) is 5.41 Å². The fourth-order valence-electron chi connectivity index (χ4n) is 3.10. The quantitative estimate of drug-likeness (QED) is 0.824. The van der Waals surface area contributed by atoms with Crippen LogP contribution in [0.3, 0.4) is 0 Å². The Morgan fingerprint density at radius 2 is 2.21 bits per heavy atom. The molecule has 0 amide bonds. The van der Waals surface area contributed by atoms with E-state index in [-0.39, 0.29) is 5.82 Å². The van der Waals surface area contributed by atoms with Crippen LogP contribution in [0.1, 0.15) is 24.8 Å². The van der Waals surface area contributed by atoms with Crippen LogP contribution in [0, 0.1) is 11.2 Å². The lowest BCUT2D eigenvalue weighted by atomic mass is 9.69. The molecule has 2 fully saturated rings. The van der Waals surface area contributed by atoms with Crippen LogP contribution in [-0.2, 0) is 11.3 Å². The van der Waals surface area contributed by atoms with Gasteiger partial charge in [-0.2, -0.15) is 0 Å². The molecule has 0 radical (unpaired) electrons. The van der Waals surface area contributed by atoms with Crippen LogP contribution in [0.5, 0.6) is 0 Å². The average Bonchev–Trinajstić information content (AvgIpc) is 2.56. The molecular weight excluding hydrogens is 265 g/mol. The van der Waals surface area contributed by atoms with Gasteiger partial charge in [-0.15, -0.1) is 0 Å². The first-order chi connectivity index (χ1) is 9.19. The third-order valence-corrected chi connectivity index (χ3v) is 4.73. The Hall–Kier alpha value is -0.640. The second-order valence-electron chi connectivity index (χ2n) is 5.82. The summed E-state index contributed by atoms with van der Waals surface area (Å²) in [5.41, 5.74) is 0.925. The van der Waals surface area contributed by atoms with Crippen molar-refractivity contribution in [1.82, 2.24) is 4.90 Å². The summed E-state index contributed by atoms with van der Waals surface area (Å²) in [6.07, 6.45) is 3.75. The van der Waals surface area contributed by atoms with Crippen molar-refractivity contribution in [2.75, 3.05) is 26.3 Å². The zero-order valence-electron chi connectivity index (χ0n) is 11.0. The largest absolute Gasteiger partial charge is 0.379 e. The molecule has 1 aliphatic carbocycles. The molecular formula is C15H19ClFNO. The van der Waals surface area contributed by atoms with Gasteiger partial charge < -0.3 is 4.74 Å². The SMILES string of the molecule is Fc1cccc(Cl)c1CN1CCOCC2(CCC2)C1. The molecule has 1 heterocycles. The number of halogens is 2. The lowest BCUT2D eigenvalue weighted by molar-refractivity contribution is 0.00948. The van der Waals surface area contributed by atoms with Gasteiger partial charge in [0.1, 0.15) is 5.82 Å². The first kappa shape index (κ1) is 13.3. The van der Waals surface area contributed by atoms with E-state index in [9.17, 15) is 4.39 Å². The Balaban J connectivity index is 1.74. The Labute approximate surface area is 118 Å². The van der Waals surface area contributed by atoms with Gasteiger partial charge in [0.2, 0.25) is 0 Å². The van der Waals surface area contributed by atoms with E-state index in [0.29, 0.717) is 22.5 Å². The van der Waals surface area contributed by atoms with E-state index in [1.54, 1.807) is 12.1 Å². The lowest BCUT2D eigenvalue weighted by Gasteiger charge is -2.42. The van der Waals surface area contributed by atoms with Gasteiger partial charge in [0.05, 0.1) is 13.2 Å². The molecule has 2 aliphatic rings. The minimum Gasteiger partial charge on any atom is -0.379 e. The normalized spacial score (nSPS) is 23.1. The summed E-state index contributed by atoms with van der Waals surface area (Å²) in [7, 11) is 0. The molecule has 1 saturated carbocycles. The summed E-state index contributed by atoms with van der Waals surface area (Å²) >= 11 is 6.11. The number of ether oxygens (including phenoxy) is 1. The first-order valence-electron chi connectivity index (χ1n) is 6.92. The highest BCUT2D eigenvalue weighted by molar-refractivity contribution is 6.31. The van der Waals surface area contributed by atoms with E-state index in [0.717, 1.165) is 26.3 Å². The molecule has 1 spiro atoms. The topological polar surface area (TPSA) is 12.5 Å². The average molecular weight is 284 g/mol. The molecule has 1 aromatic rings. The molecule has 0 unspecified atom stereocenters. The van der Waals surface area contributed by atoms with Crippen LogP contribution < -0.4 is 0 Å². The van der Waals surface area contributed by atoms with Crippen LogP contribution in [0.2, 0.25) is 5.02 Å². The Morgan fingerprint density at radius 1 is 1.37 bits per heavy atom. The third-order valence-electron chi connectivity index (χ3n) is 4.38. The van der Waals surface area contributed by atoms with Gasteiger partial charge in [-0.1, -0.05) is 24.1 Å². The maximum Gasteiger partial charge on any atom is 0.129 e. The summed E-state index contributed by atoms with van der Waals surface area (Å²) in [5.74, 6) is -0.208. The molecule has 0 atom stereocenters. The van der Waals surface area contributed by atoms with Crippen LogP contribution in [0.4, 0.5) is 4.39 Å². The fraction of sp³-hybridized carbons (Fsp3) is 0.600. The van der Waals surface area contributed by atoms with E-state index in [4.69, 9.17) is 16.3 Å². The van der Waals surface area contributed by atoms with Crippen LogP contribution in [0.25, 0.3) is 0 Å². The van der Waals surface area contributed by atoms with E-state index >= 15 is 0 Å². The van der Waals surface area contributed by atoms with Crippen LogP contribution in [-0.4, -0.2) is 31.2 Å². The highest BCUT2D eigenvalue weighted by Crippen LogP contribution is 2.43. The number of benzene rings is 1. The molecule has 1 aromatic carbocycles. The highest BCUT2D eigenvalue weighted by Gasteiger charge is 2.40. The zero-order chi connectivity index (χ0) is 13.3. The molecule has 3 rings (SSSR count). The van der Waals surface area contributed by atoms with E-state index in [1.807, 2.05) is 0 Å². The summed E-state index contributed by atoms with van der Waals surface area (Å²) in [4.78, 5) is 2.29. The van der Waals surface area contributed by atoms with E-state index < -0.39 is 0 Å². The minimum atomic E-state index is -0.208. The number of hydrogen-bond acceptors (Lipinski definition) is 2. The smallest absolute Gasteiger partial charge is 0.129 e. The van der Waals surface area contributed by atoms with Gasteiger partial charge in [-0.3, -0.25) is 4.90 Å². The van der Waals surface area contributed by atoms with Crippen molar-refractivity contribution in [3.8, 4) is 0 Å². The minimum absolute atomic E-state index is 0.208. The van der Waals surface area contributed by atoms with Crippen LogP contribution >= 0.6 is 11.6 Å². The summed E-state index contributed by atoms with van der Waals surface area (Å²) in [6, 6.07) is 4.89. The Bertz CT molecular complexity index is 441. The highest BCUT2D eigenvalue weighted by atomic mass is 35.5. The maximum absolute atomic E-state index is 13.9. The van der Waals surface area contributed by atoms with Crippen molar-refractivity contribution >= 4 is 11.6 Å². The number of hydrogen-bond donors (Lipinski definition) is 0. The molecule has 4 heteroatoms. The summed E-state index contributed by atoms with van der Waals surface area (Å²) in [6.45, 7) is 4.02. The van der Waals surface area contributed by atoms with Gasteiger partial charge in [-0.05, 0) is 25.0 Å². The predicted molar refractivity (Wildman–Crippen MR) is 73.8 cm³/mol. The second kappa shape index (κ2) is 5.39. The third kappa shape index (κ3) is 2.78. The van der Waals surface area contributed by atoms with Crippen molar-refractivity contribution in [1.29, 1.82) is 0 Å². The van der Waals surface area contributed by atoms with Gasteiger partial charge in [-0.25, -0.2) is 4.39 Å². The molecule has 0 bridgehead atoms. The lowest BCUT2D eigenvalue weighted by Crippen LogP contribution is -2.43. The standard InChI is InChI=1S/C15H19ClFNO/c16-13-3-1-4-14(17)12(13)9-18-7-8-19-11-15(10-18)5-2-6-15/h1,3-4H,2,5-11H2. The zero-order valence-corrected chi connectivity index (χ0v) is 11.8. The van der Waals surface area contributed by atoms with E-state index in [1.165, 1.54) is 25.3 Å². The van der Waals surface area contributed by atoms with Crippen molar-refractivity contribution in [2.45, 2.75) is 25.8 Å². The van der Waals surface area contributed by atoms with Gasteiger partial charge in [0, 0.05) is 35.6 Å². The molecule has 0 N–H and O–H groups in total. The number of nitrogens with zero attached hydrogens (tertiary/aromatic N) is 1. The molecule has 1 aliphatic heterocycles. The Kier molecular flexibility index (Phi) is 3.79. The van der Waals surface area contributed by atoms with Crippen molar-refractivity contribution in [3.05, 3.63) is 34.6 Å². The van der Waals surface area contributed by atoms with Gasteiger partial charge >= 0.3 is 0 Å². The first-order valence-corrected chi connectivity index (χ1v) is 7.29. The molecule has 1 saturated heterocycles. The van der Waals surface area contributed by atoms with Gasteiger partial charge in [0.15, 0.2) is 0 Å². The Morgan fingerprint density at radius 3 is 2.89 bits per heavy atom. The maximum atomic E-state index is 13.9. The summed E-state index contributed by atoms with van der Waals surface area (Å²) in [5, 5.41) is 0.521. The van der Waals surface area contributed by atoms with Crippen LogP contribution in [0.15, 0.2) is 18.2 Å². The molecule has 0 aromatic heterocycles. The molecule has 104 valence electrons. The van der Waals surface area contributed by atoms with Crippen molar-refractivity contribution in [3.63, 3.8) is 0 Å².